The van der Waals surface area contributed by atoms with Crippen molar-refractivity contribution < 1.29 is 9.72 Å². The van der Waals surface area contributed by atoms with Crippen LogP contribution >= 0.6 is 11.6 Å². The maximum Gasteiger partial charge on any atom is 0.245 e. The minimum Gasteiger partial charge on any atom is -0.346 e. The molecule has 3 aromatic carbocycles. The van der Waals surface area contributed by atoms with E-state index in [2.05, 4.69) is 0 Å². The monoisotopic (exact) mass is 430 g/mol. The number of fused-ring (bicyclic) bond motifs is 3. The topological polar surface area (TPSA) is 63.4 Å². The lowest BCUT2D eigenvalue weighted by atomic mass is 9.84. The second kappa shape index (κ2) is 7.67. The van der Waals surface area contributed by atoms with Crippen LogP contribution in [0, 0.1) is 10.1 Å². The van der Waals surface area contributed by atoms with E-state index in [1.54, 1.807) is 36.4 Å². The molecule has 1 saturated heterocycles. The second-order valence-corrected chi connectivity index (χ2v) is 8.28. The number of hydrogen-bond donors (Lipinski definition) is 0. The van der Waals surface area contributed by atoms with Crippen LogP contribution in [0.15, 0.2) is 84.9 Å². The van der Waals surface area contributed by atoms with Crippen LogP contribution in [0.1, 0.15) is 27.4 Å². The predicted octanol–water partition coefficient (Wildman–Crippen LogP) is 5.24. The van der Waals surface area contributed by atoms with E-state index in [0.717, 1.165) is 16.8 Å². The summed E-state index contributed by atoms with van der Waals surface area (Å²) in [5, 5.41) is 12.9. The third-order valence-corrected chi connectivity index (χ3v) is 6.44. The number of carbonyl (C=O) groups is 1. The number of anilines is 1. The molecule has 0 saturated carbocycles. The van der Waals surface area contributed by atoms with E-state index in [-0.39, 0.29) is 10.7 Å². The molecule has 5 nitrogen and oxygen atoms in total. The second-order valence-electron chi connectivity index (χ2n) is 7.84. The standard InChI is InChI=1S/C25H19ClN2O3/c26-19-13-10-17(11-14-19)22-23(28(30)31)21-15-12-16-6-4-5-9-20(16)27(21)24(22)25(29)18-7-2-1-3-8-18/h1-15,21-24H/t21-,22+,23+,24-/m0/s1. The van der Waals surface area contributed by atoms with Crippen molar-refractivity contribution in [2.24, 2.45) is 0 Å². The fourth-order valence-corrected chi connectivity index (χ4v) is 5.01. The van der Waals surface area contributed by atoms with Crippen LogP contribution in [0.3, 0.4) is 0 Å². The lowest BCUT2D eigenvalue weighted by Crippen LogP contribution is -2.44. The van der Waals surface area contributed by atoms with Crippen molar-refractivity contribution in [3.05, 3.63) is 117 Å². The molecule has 0 aliphatic carbocycles. The van der Waals surface area contributed by atoms with Crippen LogP contribution in [0.2, 0.25) is 5.02 Å². The zero-order valence-corrected chi connectivity index (χ0v) is 17.2. The third kappa shape index (κ3) is 3.22. The molecular weight excluding hydrogens is 412 g/mol. The molecule has 4 atom stereocenters. The number of nitrogens with zero attached hydrogens (tertiary/aromatic N) is 2. The minimum atomic E-state index is -0.969. The molecule has 0 bridgehead atoms. The van der Waals surface area contributed by atoms with Gasteiger partial charge in [-0.2, -0.15) is 0 Å². The van der Waals surface area contributed by atoms with Gasteiger partial charge in [-0.15, -0.1) is 0 Å². The summed E-state index contributed by atoms with van der Waals surface area (Å²) in [5.74, 6) is -0.749. The van der Waals surface area contributed by atoms with Gasteiger partial charge in [0.05, 0.1) is 5.92 Å². The number of hydrogen-bond acceptors (Lipinski definition) is 4. The molecule has 0 radical (unpaired) electrons. The fraction of sp³-hybridized carbons (Fsp3) is 0.160. The summed E-state index contributed by atoms with van der Waals surface area (Å²) in [6.07, 6.45) is 3.78. The summed E-state index contributed by atoms with van der Waals surface area (Å²) in [7, 11) is 0. The van der Waals surface area contributed by atoms with E-state index >= 15 is 0 Å². The molecule has 2 heterocycles. The molecule has 0 aromatic heterocycles. The van der Waals surface area contributed by atoms with E-state index < -0.39 is 24.0 Å². The minimum absolute atomic E-state index is 0.125. The van der Waals surface area contributed by atoms with E-state index in [1.807, 2.05) is 59.5 Å². The summed E-state index contributed by atoms with van der Waals surface area (Å²) >= 11 is 6.08. The Morgan fingerprint density at radius 3 is 2.32 bits per heavy atom. The molecule has 0 spiro atoms. The molecule has 2 aliphatic heterocycles. The molecule has 0 amide bonds. The van der Waals surface area contributed by atoms with Gasteiger partial charge in [0.15, 0.2) is 5.78 Å². The third-order valence-electron chi connectivity index (χ3n) is 6.19. The van der Waals surface area contributed by atoms with Crippen LogP contribution < -0.4 is 4.90 Å². The molecule has 31 heavy (non-hydrogen) atoms. The molecule has 0 N–H and O–H groups in total. The normalized spacial score (nSPS) is 23.8. The lowest BCUT2D eigenvalue weighted by Gasteiger charge is -2.34. The summed E-state index contributed by atoms with van der Waals surface area (Å²) in [5.41, 5.74) is 3.07. The van der Waals surface area contributed by atoms with Crippen LogP contribution in [0.5, 0.6) is 0 Å². The Morgan fingerprint density at radius 2 is 1.61 bits per heavy atom. The van der Waals surface area contributed by atoms with Gasteiger partial charge in [-0.05, 0) is 29.3 Å². The van der Waals surface area contributed by atoms with Crippen molar-refractivity contribution in [2.45, 2.75) is 24.0 Å². The van der Waals surface area contributed by atoms with Crippen molar-refractivity contribution in [1.82, 2.24) is 0 Å². The zero-order valence-electron chi connectivity index (χ0n) is 16.5. The van der Waals surface area contributed by atoms with Crippen molar-refractivity contribution in [3.8, 4) is 0 Å². The van der Waals surface area contributed by atoms with Crippen LogP contribution in [0.4, 0.5) is 5.69 Å². The highest BCUT2D eigenvalue weighted by molar-refractivity contribution is 6.30. The van der Waals surface area contributed by atoms with Gasteiger partial charge in [0.2, 0.25) is 6.04 Å². The largest absolute Gasteiger partial charge is 0.346 e. The van der Waals surface area contributed by atoms with Crippen molar-refractivity contribution in [3.63, 3.8) is 0 Å². The Bertz CT molecular complexity index is 1180. The zero-order chi connectivity index (χ0) is 21.5. The highest BCUT2D eigenvalue weighted by Gasteiger charge is 2.58. The SMILES string of the molecule is O=C(c1ccccc1)[C@@H]1[C@H](c2ccc(Cl)cc2)[C@H]([N+](=O)[O-])[C@@H]2C=Cc3ccccc3N12. The van der Waals surface area contributed by atoms with Crippen LogP contribution in [-0.2, 0) is 0 Å². The molecule has 5 rings (SSSR count). The van der Waals surface area contributed by atoms with Crippen LogP contribution in [-0.4, -0.2) is 28.8 Å². The Hall–Kier alpha value is -3.44. The molecule has 154 valence electrons. The van der Waals surface area contributed by atoms with E-state index in [0.29, 0.717) is 10.6 Å². The van der Waals surface area contributed by atoms with Gasteiger partial charge in [0.25, 0.3) is 0 Å². The number of benzene rings is 3. The Kier molecular flexibility index (Phi) is 4.83. The Labute approximate surface area is 184 Å². The van der Waals surface area contributed by atoms with Crippen molar-refractivity contribution in [2.75, 3.05) is 4.90 Å². The van der Waals surface area contributed by atoms with Gasteiger partial charge in [-0.1, -0.05) is 84.4 Å². The number of ketones is 1. The Morgan fingerprint density at radius 1 is 0.935 bits per heavy atom. The Balaban J connectivity index is 1.72. The quantitative estimate of drug-likeness (QED) is 0.323. The molecular formula is C25H19ClN2O3. The number of rotatable bonds is 4. The summed E-state index contributed by atoms with van der Waals surface area (Å²) in [6.45, 7) is 0. The highest BCUT2D eigenvalue weighted by atomic mass is 35.5. The molecule has 2 aliphatic rings. The number of halogens is 1. The predicted molar refractivity (Wildman–Crippen MR) is 121 cm³/mol. The van der Waals surface area contributed by atoms with Crippen molar-refractivity contribution >= 4 is 29.1 Å². The van der Waals surface area contributed by atoms with Crippen molar-refractivity contribution in [1.29, 1.82) is 0 Å². The first-order valence-electron chi connectivity index (χ1n) is 10.1. The maximum atomic E-state index is 13.8. The molecule has 3 aromatic rings. The number of para-hydroxylation sites is 1. The van der Waals surface area contributed by atoms with E-state index in [9.17, 15) is 14.9 Å². The van der Waals surface area contributed by atoms with Gasteiger partial charge < -0.3 is 4.90 Å². The van der Waals surface area contributed by atoms with Crippen LogP contribution in [0.25, 0.3) is 6.08 Å². The number of Topliss-reactive ketones (excluding diaryl/α,β-unsaturated/α-hetero) is 1. The average Bonchev–Trinajstić information content (AvgIpc) is 3.15. The first-order chi connectivity index (χ1) is 15.1. The maximum absolute atomic E-state index is 13.8. The first-order valence-corrected chi connectivity index (χ1v) is 10.5. The molecule has 0 unspecified atom stereocenters. The lowest BCUT2D eigenvalue weighted by molar-refractivity contribution is -0.524. The summed E-state index contributed by atoms with van der Waals surface area (Å²) < 4.78 is 0. The van der Waals surface area contributed by atoms with E-state index in [4.69, 9.17) is 11.6 Å². The summed E-state index contributed by atoms with van der Waals surface area (Å²) in [6, 6.07) is 21.5. The summed E-state index contributed by atoms with van der Waals surface area (Å²) in [4.78, 5) is 27.8. The van der Waals surface area contributed by atoms with Gasteiger partial charge in [-0.3, -0.25) is 14.9 Å². The molecule has 1 fully saturated rings. The average molecular weight is 431 g/mol. The highest BCUT2D eigenvalue weighted by Crippen LogP contribution is 2.47. The number of nitro groups is 1. The van der Waals surface area contributed by atoms with Gasteiger partial charge in [0, 0.05) is 21.2 Å². The number of carbonyl (C=O) groups excluding carboxylic acids is 1. The van der Waals surface area contributed by atoms with Gasteiger partial charge in [-0.25, -0.2) is 0 Å². The van der Waals surface area contributed by atoms with E-state index in [1.165, 1.54) is 0 Å². The first kappa shape index (κ1) is 19.5. The van der Waals surface area contributed by atoms with Gasteiger partial charge >= 0.3 is 0 Å². The smallest absolute Gasteiger partial charge is 0.245 e. The fourth-order valence-electron chi connectivity index (χ4n) is 4.89. The molecule has 6 heteroatoms. The van der Waals surface area contributed by atoms with Gasteiger partial charge in [0.1, 0.15) is 12.1 Å².